The number of fused-ring (bicyclic) bond motifs is 1. The van der Waals surface area contributed by atoms with E-state index in [1.807, 2.05) is 17.5 Å². The molecule has 2 heterocycles. The molecule has 1 aromatic carbocycles. The molecule has 4 rings (SSSR count). The molecular weight excluding hydrogens is 352 g/mol. The smallest absolute Gasteiger partial charge is 0.272 e. The zero-order valence-electron chi connectivity index (χ0n) is 14.0. The minimum atomic E-state index is -0.471. The van der Waals surface area contributed by atoms with Crippen LogP contribution in [0.4, 0.5) is 5.69 Å². The van der Waals surface area contributed by atoms with Gasteiger partial charge >= 0.3 is 0 Å². The van der Waals surface area contributed by atoms with Crippen molar-refractivity contribution in [2.24, 2.45) is 5.92 Å². The van der Waals surface area contributed by atoms with Gasteiger partial charge in [-0.25, -0.2) is 0 Å². The van der Waals surface area contributed by atoms with Crippen LogP contribution in [0.5, 0.6) is 0 Å². The summed E-state index contributed by atoms with van der Waals surface area (Å²) in [4.78, 5) is 24.6. The predicted molar refractivity (Wildman–Crippen MR) is 99.2 cm³/mol. The highest BCUT2D eigenvalue weighted by molar-refractivity contribution is 7.10. The zero-order valence-corrected chi connectivity index (χ0v) is 14.8. The van der Waals surface area contributed by atoms with Gasteiger partial charge in [-0.3, -0.25) is 20.0 Å². The number of nitro groups is 1. The number of hydrogen-bond donors (Lipinski definition) is 2. The van der Waals surface area contributed by atoms with Gasteiger partial charge < -0.3 is 5.32 Å². The van der Waals surface area contributed by atoms with E-state index < -0.39 is 4.92 Å². The molecule has 26 heavy (non-hydrogen) atoms. The molecule has 1 aliphatic carbocycles. The topological polar surface area (TPSA) is 101 Å². The summed E-state index contributed by atoms with van der Waals surface area (Å²) in [6.07, 6.45) is 4.55. The third-order valence-corrected chi connectivity index (χ3v) is 5.94. The number of H-pyrrole nitrogens is 1. The summed E-state index contributed by atoms with van der Waals surface area (Å²) in [6, 6.07) is 8.35. The maximum absolute atomic E-state index is 12.9. The van der Waals surface area contributed by atoms with Crippen molar-refractivity contribution < 1.29 is 9.72 Å². The van der Waals surface area contributed by atoms with Crippen molar-refractivity contribution >= 4 is 33.8 Å². The minimum Gasteiger partial charge on any atom is -0.343 e. The van der Waals surface area contributed by atoms with Crippen LogP contribution in [0.15, 0.2) is 35.7 Å². The molecular formula is C18H18N4O3S. The highest BCUT2D eigenvalue weighted by atomic mass is 32.1. The Morgan fingerprint density at radius 3 is 2.85 bits per heavy atom. The number of benzene rings is 1. The summed E-state index contributed by atoms with van der Waals surface area (Å²) in [6.45, 7) is 0. The number of nitrogens with one attached hydrogen (secondary N) is 2. The predicted octanol–water partition coefficient (Wildman–Crippen LogP) is 4.19. The maximum atomic E-state index is 12.9. The van der Waals surface area contributed by atoms with Crippen LogP contribution in [0, 0.1) is 16.0 Å². The van der Waals surface area contributed by atoms with E-state index in [2.05, 4.69) is 15.5 Å². The van der Waals surface area contributed by atoms with E-state index in [1.165, 1.54) is 25.0 Å². The lowest BCUT2D eigenvalue weighted by molar-refractivity contribution is -0.384. The fourth-order valence-electron chi connectivity index (χ4n) is 3.68. The second kappa shape index (κ2) is 6.87. The molecule has 2 N–H and O–H groups in total. The SMILES string of the molecule is O=C(NC(c1cccs1)C1CCCC1)c1n[nH]c2ccc([N+](=O)[O-])cc12. The second-order valence-corrected chi connectivity index (χ2v) is 7.55. The average Bonchev–Trinajstić information content (AvgIpc) is 3.40. The van der Waals surface area contributed by atoms with Crippen LogP contribution in [0.3, 0.4) is 0 Å². The van der Waals surface area contributed by atoms with E-state index in [0.29, 0.717) is 16.8 Å². The van der Waals surface area contributed by atoms with Crippen LogP contribution in [-0.2, 0) is 0 Å². The number of carbonyl (C=O) groups is 1. The lowest BCUT2D eigenvalue weighted by atomic mass is 9.96. The summed E-state index contributed by atoms with van der Waals surface area (Å²) in [5, 5.41) is 23.5. The Kier molecular flexibility index (Phi) is 4.42. The van der Waals surface area contributed by atoms with E-state index in [-0.39, 0.29) is 23.3 Å². The molecule has 7 nitrogen and oxygen atoms in total. The molecule has 3 aromatic rings. The third kappa shape index (κ3) is 3.08. The first-order valence-corrected chi connectivity index (χ1v) is 9.48. The molecule has 8 heteroatoms. The number of non-ortho nitro benzene ring substituents is 1. The first kappa shape index (κ1) is 16.7. The number of rotatable bonds is 5. The van der Waals surface area contributed by atoms with Crippen LogP contribution in [-0.4, -0.2) is 21.0 Å². The van der Waals surface area contributed by atoms with Crippen LogP contribution >= 0.6 is 11.3 Å². The van der Waals surface area contributed by atoms with Crippen LogP contribution in [0.25, 0.3) is 10.9 Å². The Balaban J connectivity index is 1.65. The van der Waals surface area contributed by atoms with Gasteiger partial charge in [0.15, 0.2) is 5.69 Å². The molecule has 1 aliphatic rings. The van der Waals surface area contributed by atoms with Gasteiger partial charge in [-0.05, 0) is 36.3 Å². The number of amides is 1. The second-order valence-electron chi connectivity index (χ2n) is 6.57. The lowest BCUT2D eigenvalue weighted by Gasteiger charge is -2.23. The van der Waals surface area contributed by atoms with Gasteiger partial charge in [0.1, 0.15) is 0 Å². The first-order valence-electron chi connectivity index (χ1n) is 8.60. The monoisotopic (exact) mass is 370 g/mol. The Bertz CT molecular complexity index is 945. The Labute approximate surface area is 153 Å². The fraction of sp³-hybridized carbons (Fsp3) is 0.333. The number of nitro benzene ring substituents is 1. The summed E-state index contributed by atoms with van der Waals surface area (Å²) >= 11 is 1.63. The van der Waals surface area contributed by atoms with E-state index in [1.54, 1.807) is 17.4 Å². The fourth-order valence-corrected chi connectivity index (χ4v) is 4.55. The van der Waals surface area contributed by atoms with Crippen molar-refractivity contribution in [3.05, 3.63) is 56.4 Å². The summed E-state index contributed by atoms with van der Waals surface area (Å²) in [5.41, 5.74) is 0.746. The molecule has 0 spiro atoms. The maximum Gasteiger partial charge on any atom is 0.272 e. The number of thiophene rings is 1. The Morgan fingerprint density at radius 2 is 2.15 bits per heavy atom. The number of nitrogens with zero attached hydrogens (tertiary/aromatic N) is 2. The van der Waals surface area contributed by atoms with Crippen LogP contribution < -0.4 is 5.32 Å². The molecule has 0 saturated heterocycles. The van der Waals surface area contributed by atoms with Crippen molar-refractivity contribution in [3.8, 4) is 0 Å². The molecule has 1 saturated carbocycles. The molecule has 134 valence electrons. The highest BCUT2D eigenvalue weighted by Crippen LogP contribution is 2.37. The van der Waals surface area contributed by atoms with Crippen LogP contribution in [0.2, 0.25) is 0 Å². The van der Waals surface area contributed by atoms with Gasteiger partial charge in [0.2, 0.25) is 0 Å². The average molecular weight is 370 g/mol. The Morgan fingerprint density at radius 1 is 1.35 bits per heavy atom. The summed E-state index contributed by atoms with van der Waals surface area (Å²) < 4.78 is 0. The van der Waals surface area contributed by atoms with Gasteiger partial charge in [-0.1, -0.05) is 18.9 Å². The van der Waals surface area contributed by atoms with Crippen molar-refractivity contribution in [3.63, 3.8) is 0 Å². The first-order chi connectivity index (χ1) is 12.6. The van der Waals surface area contributed by atoms with Gasteiger partial charge in [0.25, 0.3) is 11.6 Å². The standard InChI is InChI=1S/C18H18N4O3S/c23-18(17-13-10-12(22(24)25)7-8-14(13)20-21-17)19-16(11-4-1-2-5-11)15-6-3-9-26-15/h3,6-11,16H,1-2,4-5H2,(H,19,23)(H,20,21). The molecule has 0 bridgehead atoms. The largest absolute Gasteiger partial charge is 0.343 e. The van der Waals surface area contributed by atoms with E-state index in [9.17, 15) is 14.9 Å². The summed E-state index contributed by atoms with van der Waals surface area (Å²) in [5.74, 6) is 0.110. The minimum absolute atomic E-state index is 0.0459. The van der Waals surface area contributed by atoms with Crippen molar-refractivity contribution in [1.82, 2.24) is 15.5 Å². The number of hydrogen-bond acceptors (Lipinski definition) is 5. The van der Waals surface area contributed by atoms with Crippen molar-refractivity contribution in [1.29, 1.82) is 0 Å². The molecule has 1 fully saturated rings. The molecule has 1 unspecified atom stereocenters. The number of aromatic amines is 1. The zero-order chi connectivity index (χ0) is 18.1. The van der Waals surface area contributed by atoms with E-state index in [4.69, 9.17) is 0 Å². The third-order valence-electron chi connectivity index (χ3n) is 4.98. The van der Waals surface area contributed by atoms with E-state index >= 15 is 0 Å². The summed E-state index contributed by atoms with van der Waals surface area (Å²) in [7, 11) is 0. The molecule has 2 aromatic heterocycles. The van der Waals surface area contributed by atoms with Gasteiger partial charge in [0, 0.05) is 22.4 Å². The highest BCUT2D eigenvalue weighted by Gasteiger charge is 2.30. The molecule has 1 amide bonds. The Hall–Kier alpha value is -2.74. The number of carbonyl (C=O) groups excluding carboxylic acids is 1. The van der Waals surface area contributed by atoms with Gasteiger partial charge in [0.05, 0.1) is 16.5 Å². The van der Waals surface area contributed by atoms with Crippen molar-refractivity contribution in [2.75, 3.05) is 0 Å². The van der Waals surface area contributed by atoms with Gasteiger partial charge in [-0.15, -0.1) is 11.3 Å². The van der Waals surface area contributed by atoms with E-state index in [0.717, 1.165) is 17.7 Å². The molecule has 0 radical (unpaired) electrons. The quantitative estimate of drug-likeness (QED) is 0.519. The van der Waals surface area contributed by atoms with Crippen molar-refractivity contribution in [2.45, 2.75) is 31.7 Å². The van der Waals surface area contributed by atoms with Crippen LogP contribution in [0.1, 0.15) is 47.1 Å². The molecule has 1 atom stereocenters. The van der Waals surface area contributed by atoms with Gasteiger partial charge in [-0.2, -0.15) is 5.10 Å². The number of aromatic nitrogens is 2. The normalized spacial score (nSPS) is 16.0. The lowest BCUT2D eigenvalue weighted by Crippen LogP contribution is -2.32. The molecule has 0 aliphatic heterocycles.